The van der Waals surface area contributed by atoms with Gasteiger partial charge >= 0.3 is 24.3 Å². The summed E-state index contributed by atoms with van der Waals surface area (Å²) in [5, 5.41) is 17.1. The van der Waals surface area contributed by atoms with Crippen molar-refractivity contribution in [2.75, 3.05) is 30.4 Å². The number of pyridine rings is 1. The number of halogens is 8. The number of nitrogens with zero attached hydrogens (tertiary/aromatic N) is 3. The zero-order valence-corrected chi connectivity index (χ0v) is 23.9. The van der Waals surface area contributed by atoms with Crippen LogP contribution in [-0.4, -0.2) is 76.5 Å². The molecule has 0 radical (unpaired) electrons. The molecular formula is C29H28F8N4O5. The number of hydrogen-bond acceptors (Lipinski definition) is 6. The number of carbonyl (C=O) groups is 3. The lowest BCUT2D eigenvalue weighted by atomic mass is 10.0. The number of carbonyl (C=O) groups excluding carboxylic acids is 1. The van der Waals surface area contributed by atoms with Gasteiger partial charge in [-0.15, -0.1) is 0 Å². The van der Waals surface area contributed by atoms with E-state index in [1.165, 1.54) is 24.3 Å². The smallest absolute Gasteiger partial charge is 0.475 e. The molecule has 3 N–H and O–H groups in total. The third-order valence-electron chi connectivity index (χ3n) is 6.31. The number of benzene rings is 2. The summed E-state index contributed by atoms with van der Waals surface area (Å²) in [6.45, 7) is 2.39. The number of aliphatic carboxylic acids is 2. The van der Waals surface area contributed by atoms with Gasteiger partial charge in [-0.3, -0.25) is 9.69 Å². The van der Waals surface area contributed by atoms with Crippen molar-refractivity contribution in [1.82, 2.24) is 9.88 Å². The Labute approximate surface area is 257 Å². The highest BCUT2D eigenvalue weighted by Crippen LogP contribution is 2.24. The molecule has 0 aliphatic carbocycles. The zero-order chi connectivity index (χ0) is 34.7. The molecule has 2 aromatic carbocycles. The lowest BCUT2D eigenvalue weighted by Crippen LogP contribution is -2.43. The van der Waals surface area contributed by atoms with Crippen molar-refractivity contribution in [2.24, 2.45) is 0 Å². The second-order valence-electron chi connectivity index (χ2n) is 9.74. The molecule has 0 atom stereocenters. The van der Waals surface area contributed by atoms with Crippen LogP contribution in [0.15, 0.2) is 66.9 Å². The average molecular weight is 665 g/mol. The molecular weight excluding hydrogens is 636 g/mol. The number of anilines is 2. The largest absolute Gasteiger partial charge is 0.490 e. The molecule has 3 aromatic rings. The van der Waals surface area contributed by atoms with Crippen molar-refractivity contribution in [3.63, 3.8) is 0 Å². The maximum Gasteiger partial charge on any atom is 0.490 e. The number of aromatic nitrogens is 1. The number of nitrogens with one attached hydrogen (secondary N) is 1. The predicted octanol–water partition coefficient (Wildman–Crippen LogP) is 5.98. The van der Waals surface area contributed by atoms with Crippen LogP contribution in [0.1, 0.15) is 28.8 Å². The number of piperidine rings is 1. The highest BCUT2D eigenvalue weighted by Gasteiger charge is 2.38. The average Bonchev–Trinajstić information content (AvgIpc) is 2.97. The van der Waals surface area contributed by atoms with E-state index in [-0.39, 0.29) is 17.3 Å². The van der Waals surface area contributed by atoms with Crippen LogP contribution in [0.4, 0.5) is 46.6 Å². The fourth-order valence-electron chi connectivity index (χ4n) is 4.09. The van der Waals surface area contributed by atoms with Crippen molar-refractivity contribution < 1.29 is 59.7 Å². The Hall–Kier alpha value is -4.80. The Bertz CT molecular complexity index is 1450. The Morgan fingerprint density at radius 2 is 1.39 bits per heavy atom. The molecule has 1 aliphatic heterocycles. The summed E-state index contributed by atoms with van der Waals surface area (Å²) in [7, 11) is 2.08. The van der Waals surface area contributed by atoms with Crippen LogP contribution >= 0.6 is 0 Å². The molecule has 1 aliphatic rings. The normalized spacial score (nSPS) is 13.6. The third-order valence-corrected chi connectivity index (χ3v) is 6.31. The molecule has 4 rings (SSSR count). The molecule has 9 nitrogen and oxygen atoms in total. The van der Waals surface area contributed by atoms with Crippen LogP contribution in [0.3, 0.4) is 0 Å². The van der Waals surface area contributed by atoms with E-state index in [9.17, 15) is 39.9 Å². The number of amides is 1. The van der Waals surface area contributed by atoms with Crippen molar-refractivity contribution in [3.05, 3.63) is 89.6 Å². The quantitative estimate of drug-likeness (QED) is 0.275. The third kappa shape index (κ3) is 12.7. The van der Waals surface area contributed by atoms with Crippen molar-refractivity contribution >= 4 is 29.4 Å². The Kier molecular flexibility index (Phi) is 13.4. The van der Waals surface area contributed by atoms with Crippen LogP contribution in [-0.2, 0) is 16.1 Å². The summed E-state index contributed by atoms with van der Waals surface area (Å²) in [6.07, 6.45) is -6.57. The lowest BCUT2D eigenvalue weighted by Gasteiger charge is -2.37. The summed E-state index contributed by atoms with van der Waals surface area (Å²) < 4.78 is 90.3. The molecule has 0 spiro atoms. The molecule has 1 saturated heterocycles. The van der Waals surface area contributed by atoms with E-state index in [0.717, 1.165) is 37.3 Å². The van der Waals surface area contributed by atoms with E-state index in [2.05, 4.69) is 27.1 Å². The van der Waals surface area contributed by atoms with Crippen LogP contribution < -0.4 is 10.2 Å². The summed E-state index contributed by atoms with van der Waals surface area (Å²) in [5.74, 6) is -5.73. The van der Waals surface area contributed by atoms with Gasteiger partial charge in [0.15, 0.2) is 0 Å². The second-order valence-corrected chi connectivity index (χ2v) is 9.74. The van der Waals surface area contributed by atoms with Gasteiger partial charge in [0.25, 0.3) is 5.91 Å². The minimum absolute atomic E-state index is 0.207. The maximum absolute atomic E-state index is 13.4. The van der Waals surface area contributed by atoms with Crippen molar-refractivity contribution in [2.45, 2.75) is 37.8 Å². The van der Waals surface area contributed by atoms with Crippen LogP contribution in [0, 0.1) is 11.6 Å². The van der Waals surface area contributed by atoms with Crippen LogP contribution in [0.2, 0.25) is 0 Å². The molecule has 250 valence electrons. The van der Waals surface area contributed by atoms with E-state index in [0.29, 0.717) is 18.3 Å². The fraction of sp³-hybridized carbons (Fsp3) is 0.310. The Balaban J connectivity index is 0.000000440. The number of carboxylic acids is 2. The predicted molar refractivity (Wildman–Crippen MR) is 149 cm³/mol. The molecule has 1 amide bonds. The summed E-state index contributed by atoms with van der Waals surface area (Å²) in [5.41, 5.74) is 1.86. The van der Waals surface area contributed by atoms with Gasteiger partial charge in [0.2, 0.25) is 0 Å². The molecule has 1 fully saturated rings. The Morgan fingerprint density at radius 3 is 1.89 bits per heavy atom. The molecule has 46 heavy (non-hydrogen) atoms. The molecule has 1 aromatic heterocycles. The van der Waals surface area contributed by atoms with Crippen molar-refractivity contribution in [1.29, 1.82) is 0 Å². The highest BCUT2D eigenvalue weighted by atomic mass is 19.4. The minimum Gasteiger partial charge on any atom is -0.475 e. The molecule has 2 heterocycles. The monoisotopic (exact) mass is 664 g/mol. The standard InChI is InChI=1S/C25H26F2N4O.2C2HF3O2/c1-30(17-18-4-2-6-20(26)14-18)23-9-12-31(13-10-23)24-16-22(8-11-28-24)29-25(32)19-5-3-7-21(27)15-19;2*3-2(4,5)1(6)7/h2-8,11,14-16,23H,9-10,12-13,17H2,1H3,(H,28,29,32);2*(H,6,7). The number of hydrogen-bond donors (Lipinski definition) is 3. The summed E-state index contributed by atoms with van der Waals surface area (Å²) in [6, 6.07) is 16.3. The first-order chi connectivity index (χ1) is 21.4. The molecule has 0 saturated carbocycles. The SMILES string of the molecule is CN(Cc1cccc(F)c1)C1CCN(c2cc(NC(=O)c3cccc(F)c3)ccn2)CC1.O=C(O)C(F)(F)F.O=C(O)C(F)(F)F. The van der Waals surface area contributed by atoms with E-state index < -0.39 is 30.1 Å². The zero-order valence-electron chi connectivity index (χ0n) is 23.9. The molecule has 0 unspecified atom stereocenters. The van der Waals surface area contributed by atoms with Gasteiger partial charge in [-0.25, -0.2) is 23.4 Å². The van der Waals surface area contributed by atoms with E-state index in [4.69, 9.17) is 19.8 Å². The highest BCUT2D eigenvalue weighted by molar-refractivity contribution is 6.04. The van der Waals surface area contributed by atoms with Gasteiger partial charge < -0.3 is 20.4 Å². The van der Waals surface area contributed by atoms with Crippen LogP contribution in [0.25, 0.3) is 0 Å². The maximum atomic E-state index is 13.4. The van der Waals surface area contributed by atoms with Crippen molar-refractivity contribution in [3.8, 4) is 0 Å². The van der Waals surface area contributed by atoms with Gasteiger partial charge in [0, 0.05) is 49.2 Å². The van der Waals surface area contributed by atoms with Gasteiger partial charge in [0.1, 0.15) is 17.5 Å². The topological polar surface area (TPSA) is 123 Å². The van der Waals surface area contributed by atoms with Crippen LogP contribution in [0.5, 0.6) is 0 Å². The molecule has 0 bridgehead atoms. The number of carboxylic acid groups (broad SMARTS) is 2. The summed E-state index contributed by atoms with van der Waals surface area (Å²) >= 11 is 0. The minimum atomic E-state index is -5.08. The Morgan fingerprint density at radius 1 is 0.870 bits per heavy atom. The first-order valence-corrected chi connectivity index (χ1v) is 13.2. The number of alkyl halides is 6. The molecule has 17 heteroatoms. The van der Waals surface area contributed by atoms with E-state index in [1.54, 1.807) is 30.5 Å². The second kappa shape index (κ2) is 16.5. The van der Waals surface area contributed by atoms with Gasteiger partial charge in [-0.05, 0) is 61.9 Å². The fourth-order valence-corrected chi connectivity index (χ4v) is 4.09. The van der Waals surface area contributed by atoms with E-state index >= 15 is 0 Å². The first kappa shape index (κ1) is 37.4. The van der Waals surface area contributed by atoms with Gasteiger partial charge in [0.05, 0.1) is 0 Å². The lowest BCUT2D eigenvalue weighted by molar-refractivity contribution is -0.193. The van der Waals surface area contributed by atoms with Gasteiger partial charge in [-0.2, -0.15) is 26.3 Å². The van der Waals surface area contributed by atoms with Gasteiger partial charge in [-0.1, -0.05) is 18.2 Å². The number of rotatable bonds is 6. The first-order valence-electron chi connectivity index (χ1n) is 13.2. The van der Waals surface area contributed by atoms with E-state index in [1.807, 2.05) is 12.1 Å². The summed E-state index contributed by atoms with van der Waals surface area (Å²) in [4.78, 5) is 39.1.